The number of nitrogens with one attached hydrogen (secondary N) is 2. The monoisotopic (exact) mass is 355 g/mol. The molecule has 0 spiro atoms. The van der Waals surface area contributed by atoms with Crippen molar-refractivity contribution in [2.24, 2.45) is 7.05 Å². The van der Waals surface area contributed by atoms with Crippen LogP contribution in [0.25, 0.3) is 10.9 Å². The Labute approximate surface area is 148 Å². The molecule has 2 N–H and O–H groups in total. The van der Waals surface area contributed by atoms with Gasteiger partial charge in [0.2, 0.25) is 0 Å². The molecule has 1 aliphatic rings. The molecule has 0 unspecified atom stereocenters. The zero-order valence-corrected chi connectivity index (χ0v) is 14.1. The van der Waals surface area contributed by atoms with Crippen LogP contribution in [0.3, 0.4) is 0 Å². The summed E-state index contributed by atoms with van der Waals surface area (Å²) in [6, 6.07) is 12.8. The molecular formula is C18H14ClN3O3. The second-order valence-corrected chi connectivity index (χ2v) is 6.17. The van der Waals surface area contributed by atoms with Crippen molar-refractivity contribution in [1.82, 2.24) is 4.57 Å². The van der Waals surface area contributed by atoms with Gasteiger partial charge in [-0.25, -0.2) is 0 Å². The van der Waals surface area contributed by atoms with Gasteiger partial charge in [-0.05, 0) is 18.2 Å². The molecule has 7 heteroatoms. The number of carbonyl (C=O) groups excluding carboxylic acids is 2. The van der Waals surface area contributed by atoms with Crippen LogP contribution in [0, 0.1) is 0 Å². The Kier molecular flexibility index (Phi) is 3.62. The number of benzene rings is 2. The molecule has 2 amide bonds. The van der Waals surface area contributed by atoms with E-state index in [-0.39, 0.29) is 18.4 Å². The molecule has 0 fully saturated rings. The van der Waals surface area contributed by atoms with E-state index in [1.165, 1.54) is 0 Å². The van der Waals surface area contributed by atoms with E-state index in [9.17, 15) is 9.59 Å². The standard InChI is InChI=1S/C18H14ClN3O3/c1-22-14-5-3-2-4-10(14)6-15(22)18(24)21-12-8-16-13(7-11(12)19)20-17(23)9-25-16/h2-8H,9H2,1H3,(H,20,23)(H,21,24). The molecule has 3 aromatic rings. The lowest BCUT2D eigenvalue weighted by molar-refractivity contribution is -0.118. The number of aromatic nitrogens is 1. The van der Waals surface area contributed by atoms with Gasteiger partial charge in [-0.15, -0.1) is 0 Å². The molecule has 126 valence electrons. The highest BCUT2D eigenvalue weighted by Gasteiger charge is 2.20. The van der Waals surface area contributed by atoms with Crippen LogP contribution < -0.4 is 15.4 Å². The van der Waals surface area contributed by atoms with E-state index < -0.39 is 0 Å². The Morgan fingerprint density at radius 2 is 2.08 bits per heavy atom. The van der Waals surface area contributed by atoms with Crippen LogP contribution in [0.1, 0.15) is 10.5 Å². The number of aryl methyl sites for hydroxylation is 1. The van der Waals surface area contributed by atoms with Crippen LogP contribution in [-0.2, 0) is 11.8 Å². The Morgan fingerprint density at radius 3 is 2.88 bits per heavy atom. The zero-order valence-electron chi connectivity index (χ0n) is 13.3. The van der Waals surface area contributed by atoms with Crippen molar-refractivity contribution in [3.63, 3.8) is 0 Å². The predicted octanol–water partition coefficient (Wildman–Crippen LogP) is 3.41. The van der Waals surface area contributed by atoms with E-state index >= 15 is 0 Å². The Morgan fingerprint density at radius 1 is 1.28 bits per heavy atom. The van der Waals surface area contributed by atoms with Gasteiger partial charge in [0.25, 0.3) is 11.8 Å². The Balaban J connectivity index is 1.66. The summed E-state index contributed by atoms with van der Waals surface area (Å²) in [7, 11) is 1.84. The summed E-state index contributed by atoms with van der Waals surface area (Å²) in [6.45, 7) is -0.0643. The molecule has 4 rings (SSSR count). The van der Waals surface area contributed by atoms with Gasteiger partial charge in [-0.2, -0.15) is 0 Å². The molecule has 0 saturated carbocycles. The minimum atomic E-state index is -0.277. The number of nitrogens with zero attached hydrogens (tertiary/aromatic N) is 1. The topological polar surface area (TPSA) is 72.4 Å². The van der Waals surface area contributed by atoms with E-state index in [4.69, 9.17) is 16.3 Å². The van der Waals surface area contributed by atoms with Gasteiger partial charge in [0.05, 0.1) is 16.4 Å². The molecule has 0 radical (unpaired) electrons. The average molecular weight is 356 g/mol. The molecule has 1 aromatic heterocycles. The molecule has 2 aromatic carbocycles. The normalized spacial score (nSPS) is 13.1. The fourth-order valence-corrected chi connectivity index (χ4v) is 3.10. The largest absolute Gasteiger partial charge is 0.482 e. The van der Waals surface area contributed by atoms with Crippen LogP contribution in [0.4, 0.5) is 11.4 Å². The molecule has 1 aliphatic heterocycles. The van der Waals surface area contributed by atoms with E-state index in [1.54, 1.807) is 12.1 Å². The van der Waals surface area contributed by atoms with Crippen molar-refractivity contribution in [3.05, 3.63) is 53.2 Å². The summed E-state index contributed by atoms with van der Waals surface area (Å²) in [5.74, 6) is -0.0485. The molecule has 6 nitrogen and oxygen atoms in total. The van der Waals surface area contributed by atoms with Gasteiger partial charge in [0.15, 0.2) is 6.61 Å². The van der Waals surface area contributed by atoms with E-state index in [2.05, 4.69) is 10.6 Å². The maximum absolute atomic E-state index is 12.7. The van der Waals surface area contributed by atoms with Gasteiger partial charge in [-0.3, -0.25) is 9.59 Å². The smallest absolute Gasteiger partial charge is 0.272 e. The number of hydrogen-bond acceptors (Lipinski definition) is 3. The number of anilines is 2. The SMILES string of the molecule is Cn1c(C(=O)Nc2cc3c(cc2Cl)NC(=O)CO3)cc2ccccc21. The van der Waals surface area contributed by atoms with Crippen molar-refractivity contribution in [2.75, 3.05) is 17.2 Å². The molecule has 25 heavy (non-hydrogen) atoms. The first-order valence-electron chi connectivity index (χ1n) is 7.65. The minimum Gasteiger partial charge on any atom is -0.482 e. The lowest BCUT2D eigenvalue weighted by Gasteiger charge is -2.19. The van der Waals surface area contributed by atoms with Gasteiger partial charge in [0.1, 0.15) is 11.4 Å². The highest BCUT2D eigenvalue weighted by atomic mass is 35.5. The molecule has 0 atom stereocenters. The van der Waals surface area contributed by atoms with Crippen LogP contribution in [0.5, 0.6) is 5.75 Å². The average Bonchev–Trinajstić information content (AvgIpc) is 2.93. The number of rotatable bonds is 2. The number of para-hydroxylation sites is 1. The molecule has 2 heterocycles. The quantitative estimate of drug-likeness (QED) is 0.740. The number of amides is 2. The van der Waals surface area contributed by atoms with Crippen molar-refractivity contribution in [3.8, 4) is 5.75 Å². The highest BCUT2D eigenvalue weighted by Crippen LogP contribution is 2.36. The zero-order chi connectivity index (χ0) is 17.6. The fraction of sp³-hybridized carbons (Fsp3) is 0.111. The third-order valence-corrected chi connectivity index (χ3v) is 4.45. The first kappa shape index (κ1) is 15.5. The van der Waals surface area contributed by atoms with Crippen LogP contribution in [0.2, 0.25) is 5.02 Å². The molecule has 0 aliphatic carbocycles. The van der Waals surface area contributed by atoms with Crippen molar-refractivity contribution in [1.29, 1.82) is 0 Å². The summed E-state index contributed by atoms with van der Waals surface area (Å²) in [5, 5.41) is 6.78. The first-order valence-corrected chi connectivity index (χ1v) is 8.03. The van der Waals surface area contributed by atoms with Gasteiger partial charge in [-0.1, -0.05) is 29.8 Å². The van der Waals surface area contributed by atoms with E-state index in [0.717, 1.165) is 10.9 Å². The number of fused-ring (bicyclic) bond motifs is 2. The summed E-state index contributed by atoms with van der Waals surface area (Å²) in [5.41, 5.74) is 2.40. The summed E-state index contributed by atoms with van der Waals surface area (Å²) >= 11 is 6.23. The van der Waals surface area contributed by atoms with Gasteiger partial charge in [0, 0.05) is 24.0 Å². The summed E-state index contributed by atoms with van der Waals surface area (Å²) in [4.78, 5) is 24.0. The fourth-order valence-electron chi connectivity index (χ4n) is 2.89. The lowest BCUT2D eigenvalue weighted by Crippen LogP contribution is -2.25. The van der Waals surface area contributed by atoms with E-state index in [1.807, 2.05) is 41.9 Å². The number of ether oxygens (including phenoxy) is 1. The molecule has 0 bridgehead atoms. The van der Waals surface area contributed by atoms with E-state index in [0.29, 0.717) is 27.8 Å². The number of hydrogen-bond donors (Lipinski definition) is 2. The second-order valence-electron chi connectivity index (χ2n) is 5.77. The Bertz CT molecular complexity index is 1030. The van der Waals surface area contributed by atoms with Gasteiger partial charge < -0.3 is 19.9 Å². The first-order chi connectivity index (χ1) is 12.0. The van der Waals surface area contributed by atoms with Crippen molar-refractivity contribution in [2.45, 2.75) is 0 Å². The predicted molar refractivity (Wildman–Crippen MR) is 96.4 cm³/mol. The number of carbonyl (C=O) groups is 2. The Hall–Kier alpha value is -2.99. The molecule has 0 saturated heterocycles. The highest BCUT2D eigenvalue weighted by molar-refractivity contribution is 6.34. The minimum absolute atomic E-state index is 0.0643. The third-order valence-electron chi connectivity index (χ3n) is 4.13. The lowest BCUT2D eigenvalue weighted by atomic mass is 10.2. The summed E-state index contributed by atoms with van der Waals surface area (Å²) in [6.07, 6.45) is 0. The molecular weight excluding hydrogens is 342 g/mol. The van der Waals surface area contributed by atoms with Crippen molar-refractivity contribution < 1.29 is 14.3 Å². The van der Waals surface area contributed by atoms with Gasteiger partial charge >= 0.3 is 0 Å². The third kappa shape index (κ3) is 2.70. The maximum Gasteiger partial charge on any atom is 0.272 e. The van der Waals surface area contributed by atoms with Crippen LogP contribution >= 0.6 is 11.6 Å². The maximum atomic E-state index is 12.7. The summed E-state index contributed by atoms with van der Waals surface area (Å²) < 4.78 is 7.19. The van der Waals surface area contributed by atoms with Crippen LogP contribution in [-0.4, -0.2) is 23.0 Å². The second kappa shape index (κ2) is 5.82. The van der Waals surface area contributed by atoms with Crippen LogP contribution in [0.15, 0.2) is 42.5 Å². The van der Waals surface area contributed by atoms with Crippen molar-refractivity contribution >= 4 is 45.7 Å². The number of halogens is 1.